The second-order valence-corrected chi connectivity index (χ2v) is 5.84. The molecule has 0 saturated heterocycles. The number of hydrogen-bond acceptors (Lipinski definition) is 4. The van der Waals surface area contributed by atoms with Crippen LogP contribution in [-0.4, -0.2) is 21.9 Å². The summed E-state index contributed by atoms with van der Waals surface area (Å²) in [6.45, 7) is 0. The van der Waals surface area contributed by atoms with Crippen molar-refractivity contribution in [1.82, 2.24) is 9.97 Å². The zero-order valence-corrected chi connectivity index (χ0v) is 13.1. The van der Waals surface area contributed by atoms with Crippen LogP contribution in [0.25, 0.3) is 0 Å². The quantitative estimate of drug-likeness (QED) is 0.895. The van der Waals surface area contributed by atoms with Gasteiger partial charge < -0.3 is 10.6 Å². The Morgan fingerprint density at radius 3 is 2.54 bits per heavy atom. The molecule has 0 atom stereocenters. The number of benzene rings is 1. The van der Waals surface area contributed by atoms with E-state index in [1.807, 2.05) is 0 Å². The number of halogens is 2. The number of anilines is 2. The van der Waals surface area contributed by atoms with Gasteiger partial charge in [-0.1, -0.05) is 19.3 Å². The molecule has 0 radical (unpaired) electrons. The molecule has 1 saturated carbocycles. The average molecular weight is 332 g/mol. The molecule has 1 aliphatic carbocycles. The summed E-state index contributed by atoms with van der Waals surface area (Å²) < 4.78 is 26.4. The van der Waals surface area contributed by atoms with Crippen molar-refractivity contribution in [3.05, 3.63) is 47.9 Å². The minimum atomic E-state index is -0.841. The number of aromatic nitrogens is 2. The Bertz CT molecular complexity index is 715. The fourth-order valence-electron chi connectivity index (χ4n) is 2.75. The highest BCUT2D eigenvalue weighted by molar-refractivity contribution is 6.02. The van der Waals surface area contributed by atoms with Crippen LogP contribution in [0.4, 0.5) is 20.3 Å². The lowest BCUT2D eigenvalue weighted by Gasteiger charge is -2.23. The zero-order chi connectivity index (χ0) is 16.9. The summed E-state index contributed by atoms with van der Waals surface area (Å²) in [5.74, 6) is -1.53. The van der Waals surface area contributed by atoms with E-state index < -0.39 is 17.5 Å². The van der Waals surface area contributed by atoms with Crippen LogP contribution in [0, 0.1) is 11.6 Å². The van der Waals surface area contributed by atoms with E-state index in [-0.39, 0.29) is 11.4 Å². The summed E-state index contributed by atoms with van der Waals surface area (Å²) in [6, 6.07) is 3.33. The third-order valence-corrected chi connectivity index (χ3v) is 4.02. The number of amides is 1. The van der Waals surface area contributed by atoms with Crippen molar-refractivity contribution in [2.75, 3.05) is 10.6 Å². The van der Waals surface area contributed by atoms with E-state index in [1.54, 1.807) is 0 Å². The maximum absolute atomic E-state index is 13.6. The molecular formula is C17H18F2N4O. The van der Waals surface area contributed by atoms with Gasteiger partial charge in [0.25, 0.3) is 5.91 Å². The second-order valence-electron chi connectivity index (χ2n) is 5.84. The van der Waals surface area contributed by atoms with Gasteiger partial charge in [0.1, 0.15) is 23.1 Å². The van der Waals surface area contributed by atoms with Crippen molar-refractivity contribution in [3.8, 4) is 0 Å². The highest BCUT2D eigenvalue weighted by atomic mass is 19.1. The molecule has 1 aromatic heterocycles. The van der Waals surface area contributed by atoms with Gasteiger partial charge >= 0.3 is 0 Å². The van der Waals surface area contributed by atoms with Crippen LogP contribution in [0.2, 0.25) is 0 Å². The van der Waals surface area contributed by atoms with E-state index in [0.29, 0.717) is 17.9 Å². The number of carbonyl (C=O) groups excluding carboxylic acids is 1. The average Bonchev–Trinajstić information content (AvgIpc) is 2.59. The van der Waals surface area contributed by atoms with Gasteiger partial charge in [-0.15, -0.1) is 0 Å². The van der Waals surface area contributed by atoms with Gasteiger partial charge in [-0.25, -0.2) is 18.7 Å². The highest BCUT2D eigenvalue weighted by Gasteiger charge is 2.15. The molecule has 1 fully saturated rings. The van der Waals surface area contributed by atoms with Gasteiger partial charge in [-0.2, -0.15) is 0 Å². The standard InChI is InChI=1S/C17H18F2N4O/c18-11-6-7-14(13(19)8-11)23-17(24)15-9-21-16(10-20-15)22-12-4-2-1-3-5-12/h6-10,12H,1-5H2,(H,21,22)(H,23,24). The van der Waals surface area contributed by atoms with E-state index in [0.717, 1.165) is 25.0 Å². The van der Waals surface area contributed by atoms with Gasteiger partial charge in [-0.05, 0) is 25.0 Å². The van der Waals surface area contributed by atoms with Crippen LogP contribution in [-0.2, 0) is 0 Å². The normalized spacial score (nSPS) is 15.1. The van der Waals surface area contributed by atoms with Crippen molar-refractivity contribution in [2.45, 2.75) is 38.1 Å². The van der Waals surface area contributed by atoms with Crippen LogP contribution in [0.5, 0.6) is 0 Å². The molecule has 1 aromatic carbocycles. The van der Waals surface area contributed by atoms with Crippen molar-refractivity contribution in [2.24, 2.45) is 0 Å². The predicted octanol–water partition coefficient (Wildman–Crippen LogP) is 3.75. The van der Waals surface area contributed by atoms with Crippen molar-refractivity contribution in [1.29, 1.82) is 0 Å². The smallest absolute Gasteiger partial charge is 0.275 e. The third-order valence-electron chi connectivity index (χ3n) is 4.02. The monoisotopic (exact) mass is 332 g/mol. The molecule has 0 unspecified atom stereocenters. The Labute approximate surface area is 138 Å². The van der Waals surface area contributed by atoms with E-state index in [4.69, 9.17) is 0 Å². The molecule has 7 heteroatoms. The Hall–Kier alpha value is -2.57. The predicted molar refractivity (Wildman–Crippen MR) is 86.8 cm³/mol. The number of hydrogen-bond donors (Lipinski definition) is 2. The lowest BCUT2D eigenvalue weighted by atomic mass is 9.96. The molecule has 24 heavy (non-hydrogen) atoms. The first kappa shape index (κ1) is 16.3. The summed E-state index contributed by atoms with van der Waals surface area (Å²) in [7, 11) is 0. The maximum Gasteiger partial charge on any atom is 0.275 e. The molecule has 3 rings (SSSR count). The Morgan fingerprint density at radius 2 is 1.88 bits per heavy atom. The highest BCUT2D eigenvalue weighted by Crippen LogP contribution is 2.20. The van der Waals surface area contributed by atoms with E-state index >= 15 is 0 Å². The molecule has 1 heterocycles. The number of nitrogens with zero attached hydrogens (tertiary/aromatic N) is 2. The molecule has 126 valence electrons. The lowest BCUT2D eigenvalue weighted by Crippen LogP contribution is -2.23. The summed E-state index contributed by atoms with van der Waals surface area (Å²) >= 11 is 0. The molecular weight excluding hydrogens is 314 g/mol. The number of carbonyl (C=O) groups is 1. The molecule has 2 N–H and O–H groups in total. The zero-order valence-electron chi connectivity index (χ0n) is 13.1. The van der Waals surface area contributed by atoms with Gasteiger partial charge in [0, 0.05) is 12.1 Å². The summed E-state index contributed by atoms with van der Waals surface area (Å²) in [6.07, 6.45) is 8.71. The van der Waals surface area contributed by atoms with Crippen LogP contribution in [0.3, 0.4) is 0 Å². The molecule has 5 nitrogen and oxygen atoms in total. The number of nitrogens with one attached hydrogen (secondary N) is 2. The molecule has 2 aromatic rings. The molecule has 1 amide bonds. The largest absolute Gasteiger partial charge is 0.366 e. The van der Waals surface area contributed by atoms with Crippen LogP contribution in [0.15, 0.2) is 30.6 Å². The summed E-state index contributed by atoms with van der Waals surface area (Å²) in [5, 5.41) is 5.66. The topological polar surface area (TPSA) is 66.9 Å². The van der Waals surface area contributed by atoms with E-state index in [2.05, 4.69) is 20.6 Å². The van der Waals surface area contributed by atoms with Crippen LogP contribution >= 0.6 is 0 Å². The third kappa shape index (κ3) is 4.04. The fraction of sp³-hybridized carbons (Fsp3) is 0.353. The Kier molecular flexibility index (Phi) is 4.98. The minimum Gasteiger partial charge on any atom is -0.366 e. The Balaban J connectivity index is 1.62. The van der Waals surface area contributed by atoms with E-state index in [1.165, 1.54) is 31.7 Å². The first-order valence-electron chi connectivity index (χ1n) is 7.97. The first-order chi connectivity index (χ1) is 11.6. The molecule has 0 bridgehead atoms. The van der Waals surface area contributed by atoms with Gasteiger partial charge in [-0.3, -0.25) is 4.79 Å². The van der Waals surface area contributed by atoms with Crippen molar-refractivity contribution in [3.63, 3.8) is 0 Å². The van der Waals surface area contributed by atoms with Crippen LogP contribution < -0.4 is 10.6 Å². The second kappa shape index (κ2) is 7.33. The molecule has 0 aliphatic heterocycles. The Morgan fingerprint density at radius 1 is 1.08 bits per heavy atom. The van der Waals surface area contributed by atoms with Gasteiger partial charge in [0.2, 0.25) is 0 Å². The SMILES string of the molecule is O=C(Nc1ccc(F)cc1F)c1cnc(NC2CCCCC2)cn1. The summed E-state index contributed by atoms with van der Waals surface area (Å²) in [5.41, 5.74) is -0.0412. The molecule has 0 spiro atoms. The van der Waals surface area contributed by atoms with Crippen molar-refractivity contribution >= 4 is 17.4 Å². The van der Waals surface area contributed by atoms with E-state index in [9.17, 15) is 13.6 Å². The minimum absolute atomic E-state index is 0.0629. The molecule has 1 aliphatic rings. The first-order valence-corrected chi connectivity index (χ1v) is 7.97. The summed E-state index contributed by atoms with van der Waals surface area (Å²) in [4.78, 5) is 20.3. The van der Waals surface area contributed by atoms with Crippen molar-refractivity contribution < 1.29 is 13.6 Å². The van der Waals surface area contributed by atoms with Gasteiger partial charge in [0.15, 0.2) is 0 Å². The van der Waals surface area contributed by atoms with Crippen LogP contribution in [0.1, 0.15) is 42.6 Å². The lowest BCUT2D eigenvalue weighted by molar-refractivity contribution is 0.102. The number of rotatable bonds is 4. The fourth-order valence-corrected chi connectivity index (χ4v) is 2.75. The van der Waals surface area contributed by atoms with Gasteiger partial charge in [0.05, 0.1) is 18.1 Å². The maximum atomic E-state index is 13.6.